The summed E-state index contributed by atoms with van der Waals surface area (Å²) in [4.78, 5) is 14.0. The summed E-state index contributed by atoms with van der Waals surface area (Å²) in [6.45, 7) is 11.9. The van der Waals surface area contributed by atoms with Gasteiger partial charge in [0.25, 0.3) is 0 Å². The first-order valence-electron chi connectivity index (χ1n) is 6.76. The molecule has 0 N–H and O–H groups in total. The Kier molecular flexibility index (Phi) is 4.85. The van der Waals surface area contributed by atoms with E-state index in [0.29, 0.717) is 6.61 Å². The minimum atomic E-state index is -0.638. The van der Waals surface area contributed by atoms with E-state index in [1.807, 2.05) is 41.5 Å². The van der Waals surface area contributed by atoms with Gasteiger partial charge in [0.1, 0.15) is 11.3 Å². The van der Waals surface area contributed by atoms with E-state index in [2.05, 4.69) is 0 Å². The summed E-state index contributed by atoms with van der Waals surface area (Å²) >= 11 is 0. The highest BCUT2D eigenvalue weighted by Gasteiger charge is 2.45. The van der Waals surface area contributed by atoms with Crippen LogP contribution in [0.5, 0.6) is 0 Å². The number of methoxy groups -OCH3 is 1. The molecule has 1 aliphatic heterocycles. The summed E-state index contributed by atoms with van der Waals surface area (Å²) in [6.07, 6.45) is 0.481. The van der Waals surface area contributed by atoms with Gasteiger partial charge in [-0.2, -0.15) is 0 Å². The lowest BCUT2D eigenvalue weighted by Gasteiger charge is -2.35. The topological polar surface area (TPSA) is 48.0 Å². The van der Waals surface area contributed by atoms with Crippen LogP contribution in [-0.4, -0.2) is 48.2 Å². The largest absolute Gasteiger partial charge is 0.444 e. The SMILES string of the molecule is CO[C@@H](C)C[C@H]1COC(C)(C)N1C(=O)OC(C)(C)C. The highest BCUT2D eigenvalue weighted by molar-refractivity contribution is 5.69. The van der Waals surface area contributed by atoms with E-state index in [4.69, 9.17) is 14.2 Å². The van der Waals surface area contributed by atoms with E-state index in [1.165, 1.54) is 0 Å². The molecule has 5 nitrogen and oxygen atoms in total. The lowest BCUT2D eigenvalue weighted by Crippen LogP contribution is -2.50. The molecule has 0 aromatic rings. The average molecular weight is 273 g/mol. The Balaban J connectivity index is 2.81. The second-order valence-electron chi connectivity index (χ2n) is 6.54. The smallest absolute Gasteiger partial charge is 0.412 e. The van der Waals surface area contributed by atoms with Gasteiger partial charge in [-0.15, -0.1) is 0 Å². The fourth-order valence-electron chi connectivity index (χ4n) is 2.22. The van der Waals surface area contributed by atoms with Crippen molar-refractivity contribution in [3.63, 3.8) is 0 Å². The first kappa shape index (κ1) is 16.2. The molecule has 1 aliphatic rings. The molecule has 1 heterocycles. The number of nitrogens with zero attached hydrogens (tertiary/aromatic N) is 1. The number of ether oxygens (including phenoxy) is 3. The van der Waals surface area contributed by atoms with Crippen molar-refractivity contribution in [2.24, 2.45) is 0 Å². The number of carbonyl (C=O) groups excluding carboxylic acids is 1. The van der Waals surface area contributed by atoms with E-state index in [-0.39, 0.29) is 18.2 Å². The van der Waals surface area contributed by atoms with Crippen molar-refractivity contribution < 1.29 is 19.0 Å². The molecule has 0 saturated carbocycles. The number of amides is 1. The fraction of sp³-hybridized carbons (Fsp3) is 0.929. The van der Waals surface area contributed by atoms with Gasteiger partial charge in [0.05, 0.1) is 18.8 Å². The zero-order valence-corrected chi connectivity index (χ0v) is 13.1. The quantitative estimate of drug-likeness (QED) is 0.793. The van der Waals surface area contributed by atoms with E-state index in [0.717, 1.165) is 6.42 Å². The molecular formula is C14H27NO4. The number of hydrogen-bond donors (Lipinski definition) is 0. The van der Waals surface area contributed by atoms with Gasteiger partial charge in [0, 0.05) is 7.11 Å². The van der Waals surface area contributed by atoms with Gasteiger partial charge < -0.3 is 14.2 Å². The van der Waals surface area contributed by atoms with E-state index < -0.39 is 11.3 Å². The van der Waals surface area contributed by atoms with Gasteiger partial charge >= 0.3 is 6.09 Å². The summed E-state index contributed by atoms with van der Waals surface area (Å²) in [6, 6.07) is -0.0141. The molecule has 1 saturated heterocycles. The van der Waals surface area contributed by atoms with Crippen molar-refractivity contribution in [2.45, 2.75) is 71.4 Å². The standard InChI is InChI=1S/C14H27NO4/c1-10(17-7)8-11-9-18-14(5,6)15(11)12(16)19-13(2,3)4/h10-11H,8-9H2,1-7H3/t10-,11-/m0/s1. The minimum absolute atomic E-state index is 0.0141. The summed E-state index contributed by atoms with van der Waals surface area (Å²) in [7, 11) is 1.67. The molecule has 112 valence electrons. The summed E-state index contributed by atoms with van der Waals surface area (Å²) in [5.41, 5.74) is -1.15. The molecule has 0 spiro atoms. The third kappa shape index (κ3) is 4.35. The maximum Gasteiger partial charge on any atom is 0.412 e. The van der Waals surface area contributed by atoms with Gasteiger partial charge in [0.2, 0.25) is 0 Å². The second kappa shape index (κ2) is 5.67. The Morgan fingerprint density at radius 2 is 2.05 bits per heavy atom. The summed E-state index contributed by atoms with van der Waals surface area (Å²) < 4.78 is 16.5. The molecule has 1 rings (SSSR count). The monoisotopic (exact) mass is 273 g/mol. The molecule has 0 radical (unpaired) electrons. The average Bonchev–Trinajstić information content (AvgIpc) is 2.51. The number of rotatable bonds is 3. The van der Waals surface area contributed by atoms with Crippen LogP contribution in [0.1, 0.15) is 48.0 Å². The van der Waals surface area contributed by atoms with Crippen LogP contribution < -0.4 is 0 Å². The number of carbonyl (C=O) groups is 1. The Morgan fingerprint density at radius 1 is 1.47 bits per heavy atom. The van der Waals surface area contributed by atoms with Gasteiger partial charge in [-0.1, -0.05) is 0 Å². The molecule has 1 fully saturated rings. The van der Waals surface area contributed by atoms with Crippen LogP contribution >= 0.6 is 0 Å². The summed E-state index contributed by atoms with van der Waals surface area (Å²) in [5, 5.41) is 0. The fourth-order valence-corrected chi connectivity index (χ4v) is 2.22. The van der Waals surface area contributed by atoms with E-state index in [9.17, 15) is 4.79 Å². The molecule has 5 heteroatoms. The van der Waals surface area contributed by atoms with Crippen molar-refractivity contribution in [2.75, 3.05) is 13.7 Å². The van der Waals surface area contributed by atoms with Gasteiger partial charge in [-0.05, 0) is 48.0 Å². The van der Waals surface area contributed by atoms with Crippen molar-refractivity contribution in [3.8, 4) is 0 Å². The normalized spacial score (nSPS) is 24.4. The number of hydrogen-bond acceptors (Lipinski definition) is 4. The predicted molar refractivity (Wildman–Crippen MR) is 73.0 cm³/mol. The third-order valence-electron chi connectivity index (χ3n) is 3.17. The molecule has 19 heavy (non-hydrogen) atoms. The maximum absolute atomic E-state index is 12.3. The molecule has 0 aliphatic carbocycles. The molecule has 0 aromatic heterocycles. The Hall–Kier alpha value is -0.810. The molecule has 0 bridgehead atoms. The molecule has 0 unspecified atom stereocenters. The van der Waals surface area contributed by atoms with Crippen LogP contribution in [0.25, 0.3) is 0 Å². The Bertz CT molecular complexity index is 322. The highest BCUT2D eigenvalue weighted by atomic mass is 16.6. The lowest BCUT2D eigenvalue weighted by molar-refractivity contribution is -0.0639. The van der Waals surface area contributed by atoms with Crippen molar-refractivity contribution in [1.82, 2.24) is 4.90 Å². The highest BCUT2D eigenvalue weighted by Crippen LogP contribution is 2.31. The van der Waals surface area contributed by atoms with Gasteiger partial charge in [-0.25, -0.2) is 4.79 Å². The maximum atomic E-state index is 12.3. The van der Waals surface area contributed by atoms with Crippen LogP contribution in [0.15, 0.2) is 0 Å². The third-order valence-corrected chi connectivity index (χ3v) is 3.17. The first-order valence-corrected chi connectivity index (χ1v) is 6.76. The van der Waals surface area contributed by atoms with Crippen molar-refractivity contribution in [3.05, 3.63) is 0 Å². The second-order valence-corrected chi connectivity index (χ2v) is 6.54. The first-order chi connectivity index (χ1) is 8.57. The lowest BCUT2D eigenvalue weighted by atomic mass is 10.1. The Morgan fingerprint density at radius 3 is 2.53 bits per heavy atom. The van der Waals surface area contributed by atoms with Crippen LogP contribution in [0.3, 0.4) is 0 Å². The van der Waals surface area contributed by atoms with Crippen LogP contribution in [0, 0.1) is 0 Å². The van der Waals surface area contributed by atoms with Crippen LogP contribution in [0.2, 0.25) is 0 Å². The Labute approximate surface area is 116 Å². The van der Waals surface area contributed by atoms with Gasteiger partial charge in [0.15, 0.2) is 0 Å². The molecular weight excluding hydrogens is 246 g/mol. The molecule has 1 amide bonds. The molecule has 0 aromatic carbocycles. The van der Waals surface area contributed by atoms with Crippen molar-refractivity contribution >= 4 is 6.09 Å². The predicted octanol–water partition coefficient (Wildman–Crippen LogP) is 2.78. The van der Waals surface area contributed by atoms with E-state index >= 15 is 0 Å². The minimum Gasteiger partial charge on any atom is -0.444 e. The van der Waals surface area contributed by atoms with E-state index in [1.54, 1.807) is 12.0 Å². The zero-order chi connectivity index (χ0) is 14.8. The van der Waals surface area contributed by atoms with Crippen LogP contribution in [0.4, 0.5) is 4.79 Å². The zero-order valence-electron chi connectivity index (χ0n) is 13.1. The molecule has 2 atom stereocenters. The van der Waals surface area contributed by atoms with Crippen molar-refractivity contribution in [1.29, 1.82) is 0 Å². The van der Waals surface area contributed by atoms with Gasteiger partial charge in [-0.3, -0.25) is 4.90 Å². The summed E-state index contributed by atoms with van der Waals surface area (Å²) in [5.74, 6) is 0. The van der Waals surface area contributed by atoms with Crippen LogP contribution in [-0.2, 0) is 14.2 Å².